The molecule has 4 rings (SSSR count). The maximum Gasteiger partial charge on any atom is 0.295 e. The third-order valence-electron chi connectivity index (χ3n) is 5.81. The molecule has 1 N–H and O–H groups in total. The van der Waals surface area contributed by atoms with E-state index in [1.807, 2.05) is 18.9 Å². The summed E-state index contributed by atoms with van der Waals surface area (Å²) in [6.07, 6.45) is 1.56. The molecule has 1 unspecified atom stereocenters. The largest absolute Gasteiger partial charge is 0.507 e. The second kappa shape index (κ2) is 8.41. The molecular formula is C24H25FN2O4. The lowest BCUT2D eigenvalue weighted by molar-refractivity contribution is -0.139. The number of ether oxygens (including phenoxy) is 1. The van der Waals surface area contributed by atoms with Crippen molar-refractivity contribution >= 4 is 23.1 Å². The van der Waals surface area contributed by atoms with Crippen molar-refractivity contribution in [1.82, 2.24) is 4.90 Å². The number of amides is 1. The van der Waals surface area contributed by atoms with Crippen molar-refractivity contribution in [3.8, 4) is 5.75 Å². The minimum absolute atomic E-state index is 0.0204. The van der Waals surface area contributed by atoms with Gasteiger partial charge in [0.2, 0.25) is 0 Å². The highest BCUT2D eigenvalue weighted by Gasteiger charge is 2.45. The van der Waals surface area contributed by atoms with Crippen LogP contribution in [-0.2, 0) is 9.59 Å². The van der Waals surface area contributed by atoms with Crippen molar-refractivity contribution in [1.29, 1.82) is 0 Å². The van der Waals surface area contributed by atoms with Crippen LogP contribution in [-0.4, -0.2) is 48.4 Å². The van der Waals surface area contributed by atoms with Crippen LogP contribution >= 0.6 is 0 Å². The zero-order valence-electron chi connectivity index (χ0n) is 17.6. The zero-order valence-corrected chi connectivity index (χ0v) is 17.6. The van der Waals surface area contributed by atoms with Crippen molar-refractivity contribution in [2.24, 2.45) is 0 Å². The van der Waals surface area contributed by atoms with Gasteiger partial charge in [0, 0.05) is 19.2 Å². The van der Waals surface area contributed by atoms with Gasteiger partial charge in [0.25, 0.3) is 11.7 Å². The Morgan fingerprint density at radius 3 is 2.65 bits per heavy atom. The molecule has 2 heterocycles. The second-order valence-corrected chi connectivity index (χ2v) is 7.85. The van der Waals surface area contributed by atoms with E-state index in [0.29, 0.717) is 43.0 Å². The number of benzene rings is 2. The van der Waals surface area contributed by atoms with Crippen molar-refractivity contribution in [3.63, 3.8) is 0 Å². The number of likely N-dealkylation sites (N-methyl/N-ethyl adjacent to an activating group) is 1. The molecule has 162 valence electrons. The van der Waals surface area contributed by atoms with Crippen LogP contribution in [0, 0.1) is 5.82 Å². The summed E-state index contributed by atoms with van der Waals surface area (Å²) in [5, 5.41) is 11.2. The highest BCUT2D eigenvalue weighted by atomic mass is 19.1. The fourth-order valence-corrected chi connectivity index (χ4v) is 4.08. The summed E-state index contributed by atoms with van der Waals surface area (Å²) >= 11 is 0. The molecule has 0 bridgehead atoms. The van der Waals surface area contributed by atoms with Crippen molar-refractivity contribution in [2.45, 2.75) is 25.8 Å². The van der Waals surface area contributed by atoms with Crippen LogP contribution in [0.3, 0.4) is 0 Å². The number of likely N-dealkylation sites (tertiary alicyclic amines) is 1. The molecule has 31 heavy (non-hydrogen) atoms. The van der Waals surface area contributed by atoms with Crippen molar-refractivity contribution < 1.29 is 23.8 Å². The van der Waals surface area contributed by atoms with Crippen LogP contribution in [0.5, 0.6) is 5.75 Å². The second-order valence-electron chi connectivity index (χ2n) is 7.85. The predicted octanol–water partition coefficient (Wildman–Crippen LogP) is 3.88. The van der Waals surface area contributed by atoms with Crippen LogP contribution in [0.4, 0.5) is 10.1 Å². The van der Waals surface area contributed by atoms with E-state index in [2.05, 4.69) is 0 Å². The molecule has 2 aromatic carbocycles. The van der Waals surface area contributed by atoms with Crippen LogP contribution < -0.4 is 9.64 Å². The molecule has 2 aliphatic heterocycles. The quantitative estimate of drug-likeness (QED) is 0.448. The molecule has 0 spiro atoms. The van der Waals surface area contributed by atoms with E-state index >= 15 is 0 Å². The van der Waals surface area contributed by atoms with Crippen molar-refractivity contribution in [2.75, 3.05) is 31.6 Å². The van der Waals surface area contributed by atoms with Gasteiger partial charge < -0.3 is 19.6 Å². The summed E-state index contributed by atoms with van der Waals surface area (Å²) in [5.74, 6) is -1.34. The zero-order chi connectivity index (χ0) is 22.1. The number of halogens is 1. The summed E-state index contributed by atoms with van der Waals surface area (Å²) in [6, 6.07) is 10.1. The van der Waals surface area contributed by atoms with E-state index in [9.17, 15) is 19.1 Å². The molecule has 6 nitrogen and oxygen atoms in total. The Morgan fingerprint density at radius 2 is 1.94 bits per heavy atom. The summed E-state index contributed by atoms with van der Waals surface area (Å²) in [6.45, 7) is 3.64. The molecule has 0 aliphatic carbocycles. The van der Waals surface area contributed by atoms with E-state index < -0.39 is 23.5 Å². The summed E-state index contributed by atoms with van der Waals surface area (Å²) in [5.41, 5.74) is 1.83. The van der Waals surface area contributed by atoms with Crippen LogP contribution in [0.1, 0.15) is 36.9 Å². The van der Waals surface area contributed by atoms with Crippen LogP contribution in [0.25, 0.3) is 5.76 Å². The van der Waals surface area contributed by atoms with Gasteiger partial charge in [-0.2, -0.15) is 0 Å². The predicted molar refractivity (Wildman–Crippen MR) is 116 cm³/mol. The van der Waals surface area contributed by atoms with E-state index in [0.717, 1.165) is 12.1 Å². The first-order chi connectivity index (χ1) is 14.9. The van der Waals surface area contributed by atoms with Gasteiger partial charge in [-0.3, -0.25) is 9.59 Å². The number of unbranched alkanes of at least 4 members (excludes halogenated alkanes) is 1. The van der Waals surface area contributed by atoms with E-state index in [4.69, 9.17) is 4.74 Å². The van der Waals surface area contributed by atoms with Crippen LogP contribution in [0.15, 0.2) is 48.0 Å². The number of hydrogen-bond acceptors (Lipinski definition) is 5. The molecule has 2 aliphatic rings. The number of fused-ring (bicyclic) bond motifs is 1. The van der Waals surface area contributed by atoms with Crippen LogP contribution in [0.2, 0.25) is 0 Å². The van der Waals surface area contributed by atoms with Gasteiger partial charge in [-0.15, -0.1) is 0 Å². The molecule has 0 aromatic heterocycles. The topological polar surface area (TPSA) is 70.1 Å². The number of carbonyl (C=O) groups excluding carboxylic acids is 2. The molecule has 1 amide bonds. The third kappa shape index (κ3) is 3.76. The summed E-state index contributed by atoms with van der Waals surface area (Å²) in [7, 11) is 1.92. The molecule has 2 aromatic rings. The molecule has 0 radical (unpaired) electrons. The maximum absolute atomic E-state index is 13.5. The highest BCUT2D eigenvalue weighted by Crippen LogP contribution is 2.41. The Labute approximate surface area is 180 Å². The molecule has 1 saturated heterocycles. The molecule has 1 atom stereocenters. The fourth-order valence-electron chi connectivity index (χ4n) is 4.08. The minimum Gasteiger partial charge on any atom is -0.507 e. The number of hydrogen-bond donors (Lipinski definition) is 1. The Balaban J connectivity index is 1.84. The smallest absolute Gasteiger partial charge is 0.295 e. The summed E-state index contributed by atoms with van der Waals surface area (Å²) in [4.78, 5) is 29.3. The van der Waals surface area contributed by atoms with E-state index in [-0.39, 0.29) is 11.3 Å². The Morgan fingerprint density at radius 1 is 1.19 bits per heavy atom. The van der Waals surface area contributed by atoms with Crippen molar-refractivity contribution in [3.05, 3.63) is 65.0 Å². The van der Waals surface area contributed by atoms with Gasteiger partial charge in [-0.05, 0) is 42.3 Å². The number of ketones is 1. The molecular weight excluding hydrogens is 399 g/mol. The number of rotatable bonds is 5. The lowest BCUT2D eigenvalue weighted by Gasteiger charge is -2.28. The average Bonchev–Trinajstić information content (AvgIpc) is 3.02. The van der Waals surface area contributed by atoms with E-state index in [1.54, 1.807) is 30.3 Å². The van der Waals surface area contributed by atoms with Gasteiger partial charge in [0.15, 0.2) is 0 Å². The summed E-state index contributed by atoms with van der Waals surface area (Å²) < 4.78 is 19.2. The van der Waals surface area contributed by atoms with Gasteiger partial charge in [0.1, 0.15) is 23.9 Å². The molecule has 7 heteroatoms. The average molecular weight is 424 g/mol. The Kier molecular flexibility index (Phi) is 5.67. The Hall–Kier alpha value is -3.35. The van der Waals surface area contributed by atoms with E-state index in [1.165, 1.54) is 17.0 Å². The first-order valence-corrected chi connectivity index (χ1v) is 10.4. The monoisotopic (exact) mass is 424 g/mol. The third-order valence-corrected chi connectivity index (χ3v) is 5.81. The minimum atomic E-state index is -0.767. The van der Waals surface area contributed by atoms with Gasteiger partial charge in [-0.25, -0.2) is 4.39 Å². The Bertz CT molecular complexity index is 1050. The first-order valence-electron chi connectivity index (χ1n) is 10.4. The highest BCUT2D eigenvalue weighted by molar-refractivity contribution is 6.46. The normalized spacial score (nSPS) is 20.0. The number of aliphatic hydroxyl groups excluding tert-OH is 1. The first kappa shape index (κ1) is 20.9. The standard InChI is InChI=1S/C24H25FN2O4/c1-3-4-11-27-21(15-5-8-17(25)9-6-15)20(23(29)24(27)30)22(28)16-7-10-19-18(14-16)26(2)12-13-31-19/h5-10,14,21,28H,3-4,11-13H2,1-2H3/b22-20-. The number of anilines is 1. The molecule has 1 fully saturated rings. The van der Waals surface area contributed by atoms with Gasteiger partial charge in [-0.1, -0.05) is 25.5 Å². The van der Waals surface area contributed by atoms with Gasteiger partial charge in [0.05, 0.1) is 23.8 Å². The fraction of sp³-hybridized carbons (Fsp3) is 0.333. The lowest BCUT2D eigenvalue weighted by Crippen LogP contribution is -2.30. The SMILES string of the molecule is CCCCN1C(=O)C(=O)/C(=C(\O)c2ccc3c(c2)N(C)CCO3)C1c1ccc(F)cc1. The number of nitrogens with zero attached hydrogens (tertiary/aromatic N) is 2. The number of carbonyl (C=O) groups is 2. The van der Waals surface area contributed by atoms with Gasteiger partial charge >= 0.3 is 0 Å². The lowest BCUT2D eigenvalue weighted by atomic mass is 9.95. The molecule has 0 saturated carbocycles. The maximum atomic E-state index is 13.5. The number of Topliss-reactive ketones (excluding diaryl/α,β-unsaturated/α-hetero) is 1. The number of aliphatic hydroxyl groups is 1.